The van der Waals surface area contributed by atoms with Gasteiger partial charge in [0.05, 0.1) is 5.92 Å². The van der Waals surface area contributed by atoms with Gasteiger partial charge in [0.15, 0.2) is 0 Å². The van der Waals surface area contributed by atoms with Crippen LogP contribution >= 0.6 is 11.8 Å². The number of hydrogen-bond donors (Lipinski definition) is 0. The van der Waals surface area contributed by atoms with E-state index in [1.54, 1.807) is 27.7 Å². The fourth-order valence-corrected chi connectivity index (χ4v) is 2.82. The molecule has 0 amide bonds. The van der Waals surface area contributed by atoms with Crippen LogP contribution < -0.4 is 4.18 Å². The summed E-state index contributed by atoms with van der Waals surface area (Å²) in [5.74, 6) is -0.778. The number of halogens is 3. The first-order chi connectivity index (χ1) is 11.2. The first-order valence-electron chi connectivity index (χ1n) is 7.18. The van der Waals surface area contributed by atoms with Crippen LogP contribution in [-0.2, 0) is 19.6 Å². The molecule has 0 fully saturated rings. The van der Waals surface area contributed by atoms with Crippen LogP contribution in [0.3, 0.4) is 0 Å². The molecule has 0 bridgehead atoms. The zero-order valence-corrected chi connectivity index (χ0v) is 15.7. The molecule has 5 nitrogen and oxygen atoms in total. The van der Waals surface area contributed by atoms with Crippen molar-refractivity contribution in [3.8, 4) is 5.75 Å². The van der Waals surface area contributed by atoms with Gasteiger partial charge in [-0.25, -0.2) is 0 Å². The van der Waals surface area contributed by atoms with Gasteiger partial charge in [-0.2, -0.15) is 21.6 Å². The lowest BCUT2D eigenvalue weighted by molar-refractivity contribution is -0.158. The van der Waals surface area contributed by atoms with Crippen molar-refractivity contribution in [2.24, 2.45) is 5.92 Å². The number of rotatable bonds is 6. The second kappa shape index (κ2) is 7.86. The first kappa shape index (κ1) is 21.6. The molecule has 1 rings (SSSR count). The van der Waals surface area contributed by atoms with Gasteiger partial charge in [-0.1, -0.05) is 6.92 Å². The number of hydrogen-bond acceptors (Lipinski definition) is 6. The average Bonchev–Trinajstić information content (AvgIpc) is 2.42. The lowest BCUT2D eigenvalue weighted by Gasteiger charge is -2.22. The topological polar surface area (TPSA) is 69.7 Å². The van der Waals surface area contributed by atoms with E-state index in [0.29, 0.717) is 10.6 Å². The molecular formula is C15H19F3O5S2. The monoisotopic (exact) mass is 400 g/mol. The molecule has 0 heterocycles. The predicted molar refractivity (Wildman–Crippen MR) is 87.8 cm³/mol. The third-order valence-corrected chi connectivity index (χ3v) is 4.87. The Morgan fingerprint density at radius 1 is 1.16 bits per heavy atom. The molecule has 1 aromatic rings. The van der Waals surface area contributed by atoms with Crippen LogP contribution in [0.5, 0.6) is 5.75 Å². The molecule has 1 aromatic carbocycles. The quantitative estimate of drug-likeness (QED) is 0.311. The van der Waals surface area contributed by atoms with Crippen molar-refractivity contribution in [3.05, 3.63) is 24.3 Å². The van der Waals surface area contributed by atoms with E-state index in [2.05, 4.69) is 4.18 Å². The van der Waals surface area contributed by atoms with Gasteiger partial charge in [-0.15, -0.1) is 11.8 Å². The Kier molecular flexibility index (Phi) is 6.80. The molecule has 0 spiro atoms. The number of alkyl halides is 3. The molecule has 0 aliphatic carbocycles. The maximum atomic E-state index is 12.2. The van der Waals surface area contributed by atoms with E-state index in [9.17, 15) is 26.4 Å². The Morgan fingerprint density at radius 2 is 1.68 bits per heavy atom. The molecule has 0 aliphatic rings. The Morgan fingerprint density at radius 3 is 2.12 bits per heavy atom. The van der Waals surface area contributed by atoms with Crippen molar-refractivity contribution in [1.29, 1.82) is 0 Å². The minimum absolute atomic E-state index is 0.351. The van der Waals surface area contributed by atoms with Crippen LogP contribution in [0.1, 0.15) is 27.7 Å². The van der Waals surface area contributed by atoms with E-state index < -0.39 is 27.0 Å². The zero-order valence-electron chi connectivity index (χ0n) is 14.1. The van der Waals surface area contributed by atoms with Gasteiger partial charge in [0.25, 0.3) is 0 Å². The van der Waals surface area contributed by atoms with Crippen LogP contribution in [-0.4, -0.2) is 31.2 Å². The van der Waals surface area contributed by atoms with E-state index >= 15 is 0 Å². The minimum atomic E-state index is -5.69. The van der Waals surface area contributed by atoms with E-state index in [4.69, 9.17) is 4.74 Å². The van der Waals surface area contributed by atoms with Gasteiger partial charge in [0.2, 0.25) is 0 Å². The average molecular weight is 400 g/mol. The van der Waals surface area contributed by atoms with Crippen LogP contribution in [0, 0.1) is 5.92 Å². The van der Waals surface area contributed by atoms with Crippen LogP contribution in [0.2, 0.25) is 0 Å². The number of thioether (sulfide) groups is 1. The van der Waals surface area contributed by atoms with E-state index in [0.717, 1.165) is 12.1 Å². The van der Waals surface area contributed by atoms with Crippen molar-refractivity contribution >= 4 is 27.8 Å². The van der Waals surface area contributed by atoms with Crippen molar-refractivity contribution in [1.82, 2.24) is 0 Å². The highest BCUT2D eigenvalue weighted by Crippen LogP contribution is 2.29. The van der Waals surface area contributed by atoms with E-state index in [-0.39, 0.29) is 11.9 Å². The minimum Gasteiger partial charge on any atom is -0.460 e. The molecule has 10 heteroatoms. The molecule has 0 saturated carbocycles. The number of esters is 1. The molecule has 0 saturated heterocycles. The van der Waals surface area contributed by atoms with Crippen molar-refractivity contribution in [2.45, 2.75) is 43.7 Å². The summed E-state index contributed by atoms with van der Waals surface area (Å²) in [6.45, 7) is 6.99. The Balaban J connectivity index is 2.62. The third kappa shape index (κ3) is 7.15. The van der Waals surface area contributed by atoms with E-state index in [1.165, 1.54) is 23.9 Å². The van der Waals surface area contributed by atoms with Crippen LogP contribution in [0.15, 0.2) is 29.2 Å². The van der Waals surface area contributed by atoms with Crippen LogP contribution in [0.4, 0.5) is 13.2 Å². The molecule has 0 aromatic heterocycles. The fourth-order valence-electron chi connectivity index (χ4n) is 1.46. The highest BCUT2D eigenvalue weighted by Gasteiger charge is 2.48. The molecule has 0 aliphatic heterocycles. The summed E-state index contributed by atoms with van der Waals surface area (Å²) in [4.78, 5) is 12.5. The third-order valence-electron chi connectivity index (χ3n) is 2.62. The predicted octanol–water partition coefficient (Wildman–Crippen LogP) is 3.98. The lowest BCUT2D eigenvalue weighted by Crippen LogP contribution is -2.28. The van der Waals surface area contributed by atoms with Gasteiger partial charge in [0, 0.05) is 10.6 Å². The standard InChI is InChI=1S/C15H19F3O5S2/c1-10(13(19)22-14(2,3)4)9-24-12-7-5-11(6-8-12)23-25(20,21)15(16,17)18/h5-8,10H,9H2,1-4H3. The molecule has 1 atom stereocenters. The van der Waals surface area contributed by atoms with Gasteiger partial charge in [-0.3, -0.25) is 4.79 Å². The Labute approximate surface area is 149 Å². The maximum absolute atomic E-state index is 12.2. The number of ether oxygens (including phenoxy) is 1. The van der Waals surface area contributed by atoms with Crippen LogP contribution in [0.25, 0.3) is 0 Å². The second-order valence-corrected chi connectivity index (χ2v) is 8.83. The van der Waals surface area contributed by atoms with Crippen molar-refractivity contribution < 1.29 is 35.3 Å². The van der Waals surface area contributed by atoms with Gasteiger partial charge in [-0.05, 0) is 45.0 Å². The normalized spacial score (nSPS) is 14.0. The summed E-state index contributed by atoms with van der Waals surface area (Å²) >= 11 is 1.29. The first-order valence-corrected chi connectivity index (χ1v) is 9.57. The number of benzene rings is 1. The van der Waals surface area contributed by atoms with Crippen molar-refractivity contribution in [3.63, 3.8) is 0 Å². The second-order valence-electron chi connectivity index (χ2n) is 6.20. The van der Waals surface area contributed by atoms with Gasteiger partial charge >= 0.3 is 21.6 Å². The molecule has 1 unspecified atom stereocenters. The summed E-state index contributed by atoms with van der Waals surface area (Å²) in [6, 6.07) is 5.05. The summed E-state index contributed by atoms with van der Waals surface area (Å²) in [5.41, 5.74) is -6.07. The SMILES string of the molecule is CC(CSc1ccc(OS(=O)(=O)C(F)(F)F)cc1)C(=O)OC(C)(C)C. The number of carbonyl (C=O) groups is 1. The highest BCUT2D eigenvalue weighted by molar-refractivity contribution is 7.99. The fraction of sp³-hybridized carbons (Fsp3) is 0.533. The molecule has 142 valence electrons. The summed E-state index contributed by atoms with van der Waals surface area (Å²) in [6.07, 6.45) is 0. The summed E-state index contributed by atoms with van der Waals surface area (Å²) in [7, 11) is -5.69. The Bertz CT molecular complexity index is 691. The van der Waals surface area contributed by atoms with Crippen molar-refractivity contribution in [2.75, 3.05) is 5.75 Å². The largest absolute Gasteiger partial charge is 0.534 e. The van der Waals surface area contributed by atoms with Gasteiger partial charge in [0.1, 0.15) is 11.4 Å². The van der Waals surface area contributed by atoms with Gasteiger partial charge < -0.3 is 8.92 Å². The van der Waals surface area contributed by atoms with E-state index in [1.807, 2.05) is 0 Å². The Hall–Kier alpha value is -1.42. The smallest absolute Gasteiger partial charge is 0.460 e. The highest BCUT2D eigenvalue weighted by atomic mass is 32.2. The zero-order chi connectivity index (χ0) is 19.5. The molecular weight excluding hydrogens is 381 g/mol. The molecule has 0 radical (unpaired) electrons. The molecule has 0 N–H and O–H groups in total. The number of carbonyl (C=O) groups excluding carboxylic acids is 1. The lowest BCUT2D eigenvalue weighted by atomic mass is 10.1. The molecule has 25 heavy (non-hydrogen) atoms. The summed E-state index contributed by atoms with van der Waals surface area (Å²) < 4.78 is 67.8. The summed E-state index contributed by atoms with van der Waals surface area (Å²) in [5, 5.41) is 0. The maximum Gasteiger partial charge on any atom is 0.534 e.